The first-order chi connectivity index (χ1) is 17.5. The zero-order valence-electron chi connectivity index (χ0n) is 20.8. The van der Waals surface area contributed by atoms with E-state index in [-0.39, 0.29) is 36.0 Å². The Bertz CT molecular complexity index is 1260. The Balaban J connectivity index is 1.35. The van der Waals surface area contributed by atoms with Crippen LogP contribution in [0.1, 0.15) is 19.8 Å². The molecule has 1 aliphatic carbocycles. The Hall–Kier alpha value is -3.65. The Labute approximate surface area is 210 Å². The maximum atomic E-state index is 13.3. The summed E-state index contributed by atoms with van der Waals surface area (Å²) in [6.45, 7) is 3.05. The molecule has 2 fully saturated rings. The second-order valence-electron chi connectivity index (χ2n) is 9.25. The van der Waals surface area contributed by atoms with Gasteiger partial charge in [-0.25, -0.2) is 4.98 Å². The Morgan fingerprint density at radius 1 is 1.08 bits per heavy atom. The number of esters is 1. The summed E-state index contributed by atoms with van der Waals surface area (Å²) in [5.74, 6) is 0.992. The molecule has 2 aromatic carbocycles. The van der Waals surface area contributed by atoms with E-state index in [4.69, 9.17) is 19.2 Å². The molecule has 36 heavy (non-hydrogen) atoms. The van der Waals surface area contributed by atoms with E-state index in [1.165, 1.54) is 7.11 Å². The van der Waals surface area contributed by atoms with Crippen LogP contribution in [0.2, 0.25) is 0 Å². The van der Waals surface area contributed by atoms with E-state index in [1.807, 2.05) is 61.5 Å². The van der Waals surface area contributed by atoms with Crippen LogP contribution in [0.3, 0.4) is 0 Å². The molecule has 1 aliphatic heterocycles. The molecule has 5 rings (SSSR count). The highest BCUT2D eigenvalue weighted by molar-refractivity contribution is 5.89. The lowest BCUT2D eigenvalue weighted by Gasteiger charge is -2.24. The summed E-state index contributed by atoms with van der Waals surface area (Å²) < 4.78 is 16.7. The zero-order valence-corrected chi connectivity index (χ0v) is 20.8. The Morgan fingerprint density at radius 3 is 2.61 bits per heavy atom. The number of rotatable bonds is 8. The van der Waals surface area contributed by atoms with Gasteiger partial charge in [0.05, 0.1) is 37.4 Å². The van der Waals surface area contributed by atoms with Gasteiger partial charge in [0, 0.05) is 48.6 Å². The normalized spacial score (nSPS) is 22.8. The minimum Gasteiger partial charge on any atom is -0.497 e. The Kier molecular flexibility index (Phi) is 6.78. The molecule has 1 saturated carbocycles. The van der Waals surface area contributed by atoms with E-state index >= 15 is 0 Å². The van der Waals surface area contributed by atoms with Gasteiger partial charge in [-0.05, 0) is 25.5 Å². The third kappa shape index (κ3) is 4.73. The second kappa shape index (κ2) is 10.1. The molecule has 2 heterocycles. The monoisotopic (exact) mass is 489 g/mol. The van der Waals surface area contributed by atoms with Crippen molar-refractivity contribution < 1.29 is 23.8 Å². The zero-order chi connectivity index (χ0) is 25.2. The molecule has 2 aliphatic rings. The van der Waals surface area contributed by atoms with Crippen molar-refractivity contribution >= 4 is 22.8 Å². The number of hydrogen-bond donors (Lipinski definition) is 1. The molecule has 188 valence electrons. The van der Waals surface area contributed by atoms with E-state index < -0.39 is 0 Å². The van der Waals surface area contributed by atoms with Crippen molar-refractivity contribution in [1.29, 1.82) is 0 Å². The number of methoxy groups -OCH3 is 2. The highest BCUT2D eigenvalue weighted by Gasteiger charge is 2.50. The van der Waals surface area contributed by atoms with Gasteiger partial charge < -0.3 is 24.4 Å². The molecule has 4 atom stereocenters. The van der Waals surface area contributed by atoms with Crippen LogP contribution in [-0.4, -0.2) is 67.3 Å². The van der Waals surface area contributed by atoms with Crippen molar-refractivity contribution in [3.63, 3.8) is 0 Å². The number of carbonyl (C=O) groups is 2. The van der Waals surface area contributed by atoms with Crippen LogP contribution >= 0.6 is 0 Å². The number of ether oxygens (including phenoxy) is 3. The van der Waals surface area contributed by atoms with Gasteiger partial charge in [-0.2, -0.15) is 0 Å². The number of amides is 1. The lowest BCUT2D eigenvalue weighted by Crippen LogP contribution is -2.45. The van der Waals surface area contributed by atoms with Crippen molar-refractivity contribution in [3.05, 3.63) is 54.6 Å². The SMILES string of the molecule is CCN(C(=O)C1CC(Oc2cc(-c3ccccc3)nc3cc(OC)ccc23)CN1)C1CC1C(=O)OC. The molecular formula is C28H31N3O5. The van der Waals surface area contributed by atoms with Crippen LogP contribution in [0.5, 0.6) is 11.5 Å². The summed E-state index contributed by atoms with van der Waals surface area (Å²) in [6.07, 6.45) is 1.03. The first kappa shape index (κ1) is 24.1. The Morgan fingerprint density at radius 2 is 1.89 bits per heavy atom. The van der Waals surface area contributed by atoms with Crippen LogP contribution in [0.15, 0.2) is 54.6 Å². The number of pyridine rings is 1. The van der Waals surface area contributed by atoms with Crippen LogP contribution in [0.25, 0.3) is 22.2 Å². The van der Waals surface area contributed by atoms with Gasteiger partial charge in [-0.15, -0.1) is 0 Å². The standard InChI is InChI=1S/C28H31N3O5/c1-4-31(25-14-21(25)28(33)35-3)27(32)24-13-19(16-29-24)36-26-15-22(17-8-6-5-7-9-17)30-23-12-18(34-2)10-11-20(23)26/h5-12,15,19,21,24-25,29H,4,13-14,16H2,1-3H3. The molecule has 1 saturated heterocycles. The van der Waals surface area contributed by atoms with Gasteiger partial charge in [0.15, 0.2) is 0 Å². The highest BCUT2D eigenvalue weighted by atomic mass is 16.5. The molecule has 0 spiro atoms. The lowest BCUT2D eigenvalue weighted by molar-refractivity contribution is -0.143. The smallest absolute Gasteiger partial charge is 0.310 e. The van der Waals surface area contributed by atoms with E-state index in [9.17, 15) is 9.59 Å². The van der Waals surface area contributed by atoms with E-state index in [2.05, 4.69) is 5.32 Å². The number of hydrogen-bond acceptors (Lipinski definition) is 7. The number of nitrogens with one attached hydrogen (secondary N) is 1. The maximum absolute atomic E-state index is 13.3. The van der Waals surface area contributed by atoms with Crippen LogP contribution in [-0.2, 0) is 14.3 Å². The molecule has 1 amide bonds. The number of carbonyl (C=O) groups excluding carboxylic acids is 2. The molecule has 0 radical (unpaired) electrons. The van der Waals surface area contributed by atoms with Crippen molar-refractivity contribution in [3.8, 4) is 22.8 Å². The largest absolute Gasteiger partial charge is 0.497 e. The van der Waals surface area contributed by atoms with Crippen molar-refractivity contribution in [2.75, 3.05) is 27.3 Å². The van der Waals surface area contributed by atoms with E-state index in [0.29, 0.717) is 25.9 Å². The molecule has 8 nitrogen and oxygen atoms in total. The number of benzene rings is 2. The number of aromatic nitrogens is 1. The third-order valence-electron chi connectivity index (χ3n) is 7.02. The molecule has 0 bridgehead atoms. The highest BCUT2D eigenvalue weighted by Crippen LogP contribution is 2.38. The van der Waals surface area contributed by atoms with Crippen molar-refractivity contribution in [2.45, 2.75) is 38.0 Å². The van der Waals surface area contributed by atoms with Crippen molar-refractivity contribution in [1.82, 2.24) is 15.2 Å². The molecule has 3 aromatic rings. The third-order valence-corrected chi connectivity index (χ3v) is 7.02. The second-order valence-corrected chi connectivity index (χ2v) is 9.25. The predicted molar refractivity (Wildman–Crippen MR) is 136 cm³/mol. The summed E-state index contributed by atoms with van der Waals surface area (Å²) in [4.78, 5) is 31.8. The first-order valence-electron chi connectivity index (χ1n) is 12.3. The fourth-order valence-electron chi connectivity index (χ4n) is 5.00. The fraction of sp³-hybridized carbons (Fsp3) is 0.393. The summed E-state index contributed by atoms with van der Waals surface area (Å²) in [5, 5.41) is 4.22. The van der Waals surface area contributed by atoms with Gasteiger partial charge in [-0.3, -0.25) is 9.59 Å². The number of likely N-dealkylation sites (N-methyl/N-ethyl adjacent to an activating group) is 1. The van der Waals surface area contributed by atoms with Crippen LogP contribution in [0.4, 0.5) is 0 Å². The van der Waals surface area contributed by atoms with E-state index in [0.717, 1.165) is 33.7 Å². The quantitative estimate of drug-likeness (QED) is 0.485. The van der Waals surface area contributed by atoms with E-state index in [1.54, 1.807) is 12.0 Å². The van der Waals surface area contributed by atoms with Gasteiger partial charge >= 0.3 is 5.97 Å². The fourth-order valence-corrected chi connectivity index (χ4v) is 5.00. The minimum atomic E-state index is -0.351. The maximum Gasteiger partial charge on any atom is 0.310 e. The van der Waals surface area contributed by atoms with Gasteiger partial charge in [-0.1, -0.05) is 30.3 Å². The van der Waals surface area contributed by atoms with Gasteiger partial charge in [0.25, 0.3) is 0 Å². The van der Waals surface area contributed by atoms with Crippen LogP contribution < -0.4 is 14.8 Å². The lowest BCUT2D eigenvalue weighted by atomic mass is 10.1. The summed E-state index contributed by atoms with van der Waals surface area (Å²) in [5.41, 5.74) is 2.58. The average molecular weight is 490 g/mol. The number of fused-ring (bicyclic) bond motifs is 1. The molecular weight excluding hydrogens is 458 g/mol. The average Bonchev–Trinajstić information content (AvgIpc) is 3.56. The van der Waals surface area contributed by atoms with Gasteiger partial charge in [0.1, 0.15) is 17.6 Å². The predicted octanol–water partition coefficient (Wildman–Crippen LogP) is 3.43. The molecule has 1 aromatic heterocycles. The minimum absolute atomic E-state index is 0.00861. The van der Waals surface area contributed by atoms with Gasteiger partial charge in [0.2, 0.25) is 5.91 Å². The topological polar surface area (TPSA) is 90.0 Å². The summed E-state index contributed by atoms with van der Waals surface area (Å²) in [6, 6.07) is 17.2. The summed E-state index contributed by atoms with van der Waals surface area (Å²) in [7, 11) is 3.02. The van der Waals surface area contributed by atoms with Crippen molar-refractivity contribution in [2.24, 2.45) is 5.92 Å². The molecule has 1 N–H and O–H groups in total. The summed E-state index contributed by atoms with van der Waals surface area (Å²) >= 11 is 0. The molecule has 8 heteroatoms. The first-order valence-corrected chi connectivity index (χ1v) is 12.3. The molecule has 4 unspecified atom stereocenters. The van der Waals surface area contributed by atoms with Crippen LogP contribution in [0, 0.1) is 5.92 Å². The number of nitrogens with zero attached hydrogens (tertiary/aromatic N) is 2.